The minimum atomic E-state index is -0.717. The highest BCUT2D eigenvalue weighted by atomic mass is 16.3. The SMILES string of the molecule is Cc1cc(C)cc(C(=O)NCC2(O)CCCCCC2)c1. The van der Waals surface area contributed by atoms with Crippen LogP contribution in [0.5, 0.6) is 0 Å². The molecular formula is C17H25NO2. The van der Waals surface area contributed by atoms with Gasteiger partial charge in [0.15, 0.2) is 0 Å². The van der Waals surface area contributed by atoms with Crippen LogP contribution in [0.4, 0.5) is 0 Å². The number of aliphatic hydroxyl groups is 1. The summed E-state index contributed by atoms with van der Waals surface area (Å²) in [5, 5.41) is 13.4. The van der Waals surface area contributed by atoms with Gasteiger partial charge in [-0.1, -0.05) is 42.9 Å². The van der Waals surface area contributed by atoms with Crippen molar-refractivity contribution in [2.45, 2.75) is 58.0 Å². The molecule has 2 N–H and O–H groups in total. The third-order valence-electron chi connectivity index (χ3n) is 4.10. The van der Waals surface area contributed by atoms with E-state index in [0.717, 1.165) is 36.8 Å². The zero-order valence-corrected chi connectivity index (χ0v) is 12.5. The Hall–Kier alpha value is -1.35. The Morgan fingerprint density at radius 2 is 1.65 bits per heavy atom. The van der Waals surface area contributed by atoms with Gasteiger partial charge in [-0.15, -0.1) is 0 Å². The van der Waals surface area contributed by atoms with Gasteiger partial charge in [-0.2, -0.15) is 0 Å². The molecule has 0 radical (unpaired) electrons. The molecule has 1 aromatic carbocycles. The first kappa shape index (κ1) is 15.0. The maximum atomic E-state index is 12.2. The van der Waals surface area contributed by atoms with Crippen molar-refractivity contribution in [1.29, 1.82) is 0 Å². The van der Waals surface area contributed by atoms with Crippen molar-refractivity contribution in [1.82, 2.24) is 5.32 Å². The van der Waals surface area contributed by atoms with E-state index in [-0.39, 0.29) is 5.91 Å². The third kappa shape index (κ3) is 4.07. The van der Waals surface area contributed by atoms with Gasteiger partial charge < -0.3 is 10.4 Å². The minimum absolute atomic E-state index is 0.0885. The lowest BCUT2D eigenvalue weighted by Crippen LogP contribution is -2.42. The molecule has 0 bridgehead atoms. The molecule has 0 heterocycles. The molecule has 1 aliphatic carbocycles. The van der Waals surface area contributed by atoms with E-state index in [9.17, 15) is 9.90 Å². The van der Waals surface area contributed by atoms with Crippen molar-refractivity contribution in [3.63, 3.8) is 0 Å². The molecule has 110 valence electrons. The summed E-state index contributed by atoms with van der Waals surface area (Å²) in [6.07, 6.45) is 6.06. The minimum Gasteiger partial charge on any atom is -0.388 e. The highest BCUT2D eigenvalue weighted by Crippen LogP contribution is 2.26. The van der Waals surface area contributed by atoms with Gasteiger partial charge in [-0.05, 0) is 38.8 Å². The van der Waals surface area contributed by atoms with E-state index in [1.165, 1.54) is 12.8 Å². The number of carbonyl (C=O) groups excluding carboxylic acids is 1. The lowest BCUT2D eigenvalue weighted by atomic mass is 9.94. The molecule has 1 fully saturated rings. The highest BCUT2D eigenvalue weighted by molar-refractivity contribution is 5.94. The third-order valence-corrected chi connectivity index (χ3v) is 4.10. The van der Waals surface area contributed by atoms with Crippen molar-refractivity contribution in [2.75, 3.05) is 6.54 Å². The van der Waals surface area contributed by atoms with Crippen molar-refractivity contribution in [3.05, 3.63) is 34.9 Å². The predicted octanol–water partition coefficient (Wildman–Crippen LogP) is 3.12. The monoisotopic (exact) mass is 275 g/mol. The summed E-state index contributed by atoms with van der Waals surface area (Å²) in [6.45, 7) is 4.34. The van der Waals surface area contributed by atoms with E-state index in [1.807, 2.05) is 26.0 Å². The lowest BCUT2D eigenvalue weighted by Gasteiger charge is -2.26. The van der Waals surface area contributed by atoms with Crippen molar-refractivity contribution < 1.29 is 9.90 Å². The number of nitrogens with one attached hydrogen (secondary N) is 1. The Morgan fingerprint density at radius 3 is 2.20 bits per heavy atom. The average Bonchev–Trinajstić information content (AvgIpc) is 2.60. The first-order valence-corrected chi connectivity index (χ1v) is 7.57. The largest absolute Gasteiger partial charge is 0.388 e. The maximum Gasteiger partial charge on any atom is 0.251 e. The van der Waals surface area contributed by atoms with Crippen LogP contribution in [0.25, 0.3) is 0 Å². The summed E-state index contributed by atoms with van der Waals surface area (Å²) in [6, 6.07) is 5.83. The van der Waals surface area contributed by atoms with Gasteiger partial charge >= 0.3 is 0 Å². The zero-order valence-electron chi connectivity index (χ0n) is 12.5. The van der Waals surface area contributed by atoms with Crippen molar-refractivity contribution >= 4 is 5.91 Å². The van der Waals surface area contributed by atoms with Crippen LogP contribution in [0.3, 0.4) is 0 Å². The summed E-state index contributed by atoms with van der Waals surface area (Å²) < 4.78 is 0. The van der Waals surface area contributed by atoms with Gasteiger partial charge in [0.2, 0.25) is 0 Å². The molecule has 1 saturated carbocycles. The quantitative estimate of drug-likeness (QED) is 0.833. The normalized spacial score (nSPS) is 18.4. The number of carbonyl (C=O) groups is 1. The van der Waals surface area contributed by atoms with Crippen LogP contribution < -0.4 is 5.32 Å². The van der Waals surface area contributed by atoms with Gasteiger partial charge in [-0.3, -0.25) is 4.79 Å². The Bertz CT molecular complexity index is 454. The first-order valence-electron chi connectivity index (χ1n) is 7.57. The van der Waals surface area contributed by atoms with Gasteiger partial charge in [0.1, 0.15) is 0 Å². The predicted molar refractivity (Wildman–Crippen MR) is 80.9 cm³/mol. The fourth-order valence-corrected chi connectivity index (χ4v) is 3.02. The van der Waals surface area contributed by atoms with Crippen LogP contribution in [-0.4, -0.2) is 23.2 Å². The molecule has 0 unspecified atom stereocenters. The Morgan fingerprint density at radius 1 is 1.10 bits per heavy atom. The lowest BCUT2D eigenvalue weighted by molar-refractivity contribution is 0.0246. The number of amides is 1. The van der Waals surface area contributed by atoms with Crippen LogP contribution >= 0.6 is 0 Å². The van der Waals surface area contributed by atoms with Gasteiger partial charge in [0.25, 0.3) is 5.91 Å². The fraction of sp³-hybridized carbons (Fsp3) is 0.588. The number of hydrogen-bond acceptors (Lipinski definition) is 2. The molecule has 20 heavy (non-hydrogen) atoms. The molecule has 0 saturated heterocycles. The molecular weight excluding hydrogens is 250 g/mol. The van der Waals surface area contributed by atoms with Gasteiger partial charge in [0, 0.05) is 12.1 Å². The topological polar surface area (TPSA) is 49.3 Å². The number of benzene rings is 1. The second kappa shape index (κ2) is 6.40. The summed E-state index contributed by atoms with van der Waals surface area (Å²) >= 11 is 0. The maximum absolute atomic E-state index is 12.2. The molecule has 2 rings (SSSR count). The molecule has 1 aromatic rings. The van der Waals surface area contributed by atoms with Crippen molar-refractivity contribution in [3.8, 4) is 0 Å². The Kier molecular flexibility index (Phi) is 4.81. The number of hydrogen-bond donors (Lipinski definition) is 2. The summed E-state index contributed by atoms with van der Waals surface area (Å²) in [7, 11) is 0. The van der Waals surface area contributed by atoms with Crippen LogP contribution in [0.1, 0.15) is 60.0 Å². The Labute approximate surface area is 121 Å². The van der Waals surface area contributed by atoms with Crippen molar-refractivity contribution in [2.24, 2.45) is 0 Å². The molecule has 1 aliphatic rings. The van der Waals surface area contributed by atoms with E-state index in [4.69, 9.17) is 0 Å². The van der Waals surface area contributed by atoms with Crippen LogP contribution in [0.2, 0.25) is 0 Å². The van der Waals surface area contributed by atoms with E-state index >= 15 is 0 Å². The van der Waals surface area contributed by atoms with Crippen LogP contribution in [-0.2, 0) is 0 Å². The van der Waals surface area contributed by atoms with E-state index in [1.54, 1.807) is 0 Å². The van der Waals surface area contributed by atoms with Gasteiger partial charge in [0.05, 0.1) is 5.60 Å². The standard InChI is InChI=1S/C17H25NO2/c1-13-9-14(2)11-15(10-13)16(19)18-12-17(20)7-5-3-4-6-8-17/h9-11,20H,3-8,12H2,1-2H3,(H,18,19). The van der Waals surface area contributed by atoms with E-state index in [2.05, 4.69) is 11.4 Å². The van der Waals surface area contributed by atoms with E-state index in [0.29, 0.717) is 12.1 Å². The molecule has 0 aliphatic heterocycles. The van der Waals surface area contributed by atoms with Crippen LogP contribution in [0, 0.1) is 13.8 Å². The molecule has 3 nitrogen and oxygen atoms in total. The summed E-state index contributed by atoms with van der Waals surface area (Å²) in [5.41, 5.74) is 2.14. The molecule has 0 aromatic heterocycles. The molecule has 0 atom stereocenters. The highest BCUT2D eigenvalue weighted by Gasteiger charge is 2.28. The molecule has 1 amide bonds. The average molecular weight is 275 g/mol. The Balaban J connectivity index is 1.97. The zero-order chi connectivity index (χ0) is 14.6. The summed E-state index contributed by atoms with van der Waals surface area (Å²) in [5.74, 6) is -0.0885. The van der Waals surface area contributed by atoms with Crippen LogP contribution in [0.15, 0.2) is 18.2 Å². The first-order chi connectivity index (χ1) is 9.48. The summed E-state index contributed by atoms with van der Waals surface area (Å²) in [4.78, 5) is 12.2. The number of aryl methyl sites for hydroxylation is 2. The van der Waals surface area contributed by atoms with Gasteiger partial charge in [-0.25, -0.2) is 0 Å². The number of rotatable bonds is 3. The smallest absolute Gasteiger partial charge is 0.251 e. The molecule has 0 spiro atoms. The second-order valence-electron chi connectivity index (χ2n) is 6.20. The van der Waals surface area contributed by atoms with E-state index < -0.39 is 5.60 Å². The second-order valence-corrected chi connectivity index (χ2v) is 6.20. The molecule has 3 heteroatoms. The fourth-order valence-electron chi connectivity index (χ4n) is 3.02.